The first kappa shape index (κ1) is 16.6. The van der Waals surface area contributed by atoms with E-state index in [0.717, 1.165) is 28.6 Å². The van der Waals surface area contributed by atoms with Gasteiger partial charge in [-0.3, -0.25) is 14.8 Å². The summed E-state index contributed by atoms with van der Waals surface area (Å²) >= 11 is 0. The van der Waals surface area contributed by atoms with Crippen LogP contribution in [0.4, 0.5) is 0 Å². The van der Waals surface area contributed by atoms with E-state index in [9.17, 15) is 4.79 Å². The van der Waals surface area contributed by atoms with Gasteiger partial charge in [-0.2, -0.15) is 0 Å². The van der Waals surface area contributed by atoms with Gasteiger partial charge in [0.05, 0.1) is 6.61 Å². The molecule has 5 nitrogen and oxygen atoms in total. The van der Waals surface area contributed by atoms with Crippen molar-refractivity contribution in [2.75, 3.05) is 13.2 Å². The molecule has 3 aromatic rings. The Balaban J connectivity index is 1.41. The molecule has 0 radical (unpaired) electrons. The standard InChI is InChI=1S/C20H19N3O2/c24-19(8-7-16-9-13-21-14-10-16)22-12-3-15-25-18-6-1-4-17-5-2-11-23-20(17)18/h1-2,4-11,13-14H,3,12,15H2,(H,22,24)/b8-7+. The number of carbonyl (C=O) groups excluding carboxylic acids is 1. The average molecular weight is 333 g/mol. The van der Waals surface area contributed by atoms with Gasteiger partial charge in [-0.15, -0.1) is 0 Å². The van der Waals surface area contributed by atoms with Gasteiger partial charge in [-0.05, 0) is 42.3 Å². The van der Waals surface area contributed by atoms with E-state index >= 15 is 0 Å². The van der Waals surface area contributed by atoms with E-state index in [1.54, 1.807) is 24.7 Å². The van der Waals surface area contributed by atoms with Crippen molar-refractivity contribution in [3.63, 3.8) is 0 Å². The Hall–Kier alpha value is -3.21. The van der Waals surface area contributed by atoms with Gasteiger partial charge in [-0.25, -0.2) is 0 Å². The Bertz CT molecular complexity index is 858. The van der Waals surface area contributed by atoms with Gasteiger partial charge in [0.1, 0.15) is 11.3 Å². The van der Waals surface area contributed by atoms with Gasteiger partial charge in [0.25, 0.3) is 0 Å². The largest absolute Gasteiger partial charge is 0.491 e. The predicted octanol–water partition coefficient (Wildman–Crippen LogP) is 3.23. The minimum atomic E-state index is -0.122. The molecule has 0 unspecified atom stereocenters. The first-order valence-corrected chi connectivity index (χ1v) is 8.15. The van der Waals surface area contributed by atoms with Crippen LogP contribution in [-0.4, -0.2) is 29.0 Å². The molecule has 3 rings (SSSR count). The molecule has 1 N–H and O–H groups in total. The number of rotatable bonds is 7. The van der Waals surface area contributed by atoms with E-state index in [1.165, 1.54) is 6.08 Å². The molecular weight excluding hydrogens is 314 g/mol. The second kappa shape index (κ2) is 8.59. The third kappa shape index (κ3) is 4.88. The summed E-state index contributed by atoms with van der Waals surface area (Å²) in [6.45, 7) is 1.07. The van der Waals surface area contributed by atoms with Gasteiger partial charge in [0.2, 0.25) is 5.91 Å². The molecule has 0 spiro atoms. The Morgan fingerprint density at radius 2 is 1.92 bits per heavy atom. The molecule has 0 saturated carbocycles. The maximum atomic E-state index is 11.8. The number of benzene rings is 1. The number of para-hydroxylation sites is 1. The number of nitrogens with zero attached hydrogens (tertiary/aromatic N) is 2. The molecular formula is C20H19N3O2. The fourth-order valence-corrected chi connectivity index (χ4v) is 2.36. The van der Waals surface area contributed by atoms with Crippen LogP contribution in [-0.2, 0) is 4.79 Å². The fraction of sp³-hybridized carbons (Fsp3) is 0.150. The molecule has 0 saturated heterocycles. The van der Waals surface area contributed by atoms with Crippen LogP contribution in [0.25, 0.3) is 17.0 Å². The highest BCUT2D eigenvalue weighted by Gasteiger charge is 2.02. The Labute approximate surface area is 146 Å². The normalized spacial score (nSPS) is 10.9. The highest BCUT2D eigenvalue weighted by atomic mass is 16.5. The first-order chi connectivity index (χ1) is 12.3. The van der Waals surface area contributed by atoms with E-state index < -0.39 is 0 Å². The lowest BCUT2D eigenvalue weighted by Crippen LogP contribution is -2.23. The van der Waals surface area contributed by atoms with Crippen LogP contribution in [0.15, 0.2) is 67.1 Å². The first-order valence-electron chi connectivity index (χ1n) is 8.15. The van der Waals surface area contributed by atoms with Crippen molar-refractivity contribution >= 4 is 22.9 Å². The molecule has 25 heavy (non-hydrogen) atoms. The van der Waals surface area contributed by atoms with Crippen molar-refractivity contribution in [2.45, 2.75) is 6.42 Å². The van der Waals surface area contributed by atoms with E-state index in [0.29, 0.717) is 13.2 Å². The van der Waals surface area contributed by atoms with Gasteiger partial charge < -0.3 is 10.1 Å². The van der Waals surface area contributed by atoms with E-state index in [1.807, 2.05) is 42.5 Å². The summed E-state index contributed by atoms with van der Waals surface area (Å²) in [5.74, 6) is 0.644. The molecule has 1 aromatic carbocycles. The zero-order chi connectivity index (χ0) is 17.3. The van der Waals surface area contributed by atoms with E-state index in [2.05, 4.69) is 15.3 Å². The molecule has 2 heterocycles. The number of hydrogen-bond donors (Lipinski definition) is 1. The highest BCUT2D eigenvalue weighted by molar-refractivity contribution is 5.91. The van der Waals surface area contributed by atoms with Gasteiger partial charge >= 0.3 is 0 Å². The summed E-state index contributed by atoms with van der Waals surface area (Å²) in [5.41, 5.74) is 1.80. The van der Waals surface area contributed by atoms with Crippen LogP contribution >= 0.6 is 0 Å². The molecule has 0 atom stereocenters. The van der Waals surface area contributed by atoms with Crippen molar-refractivity contribution in [3.05, 3.63) is 72.7 Å². The monoisotopic (exact) mass is 333 g/mol. The third-order valence-electron chi connectivity index (χ3n) is 3.61. The molecule has 0 aliphatic heterocycles. The van der Waals surface area contributed by atoms with Crippen molar-refractivity contribution in [2.24, 2.45) is 0 Å². The summed E-state index contributed by atoms with van der Waals surface area (Å²) in [5, 5.41) is 3.89. The van der Waals surface area contributed by atoms with Crippen molar-refractivity contribution in [1.29, 1.82) is 0 Å². The quantitative estimate of drug-likeness (QED) is 0.532. The highest BCUT2D eigenvalue weighted by Crippen LogP contribution is 2.22. The van der Waals surface area contributed by atoms with Crippen LogP contribution in [0, 0.1) is 0 Å². The zero-order valence-corrected chi connectivity index (χ0v) is 13.8. The number of pyridine rings is 2. The van der Waals surface area contributed by atoms with Crippen LogP contribution in [0.5, 0.6) is 5.75 Å². The third-order valence-corrected chi connectivity index (χ3v) is 3.61. The number of fused-ring (bicyclic) bond motifs is 1. The summed E-state index contributed by atoms with van der Waals surface area (Å²) in [7, 11) is 0. The second-order valence-corrected chi connectivity index (χ2v) is 5.44. The number of hydrogen-bond acceptors (Lipinski definition) is 4. The number of ether oxygens (including phenoxy) is 1. The summed E-state index contributed by atoms with van der Waals surface area (Å²) < 4.78 is 5.79. The fourth-order valence-electron chi connectivity index (χ4n) is 2.36. The van der Waals surface area contributed by atoms with E-state index in [-0.39, 0.29) is 5.91 Å². The number of nitrogens with one attached hydrogen (secondary N) is 1. The van der Waals surface area contributed by atoms with Crippen molar-refractivity contribution in [1.82, 2.24) is 15.3 Å². The smallest absolute Gasteiger partial charge is 0.244 e. The molecule has 0 fully saturated rings. The Morgan fingerprint density at radius 3 is 2.80 bits per heavy atom. The van der Waals surface area contributed by atoms with Crippen LogP contribution in [0.1, 0.15) is 12.0 Å². The van der Waals surface area contributed by atoms with Crippen LogP contribution in [0.3, 0.4) is 0 Å². The Kier molecular flexibility index (Phi) is 5.72. The van der Waals surface area contributed by atoms with Crippen molar-refractivity contribution in [3.8, 4) is 5.75 Å². The number of amides is 1. The molecule has 126 valence electrons. The minimum absolute atomic E-state index is 0.122. The maximum Gasteiger partial charge on any atom is 0.244 e. The average Bonchev–Trinajstić information content (AvgIpc) is 2.67. The van der Waals surface area contributed by atoms with E-state index in [4.69, 9.17) is 4.74 Å². The number of aromatic nitrogens is 2. The molecule has 5 heteroatoms. The lowest BCUT2D eigenvalue weighted by molar-refractivity contribution is -0.116. The molecule has 0 aliphatic carbocycles. The van der Waals surface area contributed by atoms with Gasteiger partial charge in [-0.1, -0.05) is 18.2 Å². The summed E-state index contributed by atoms with van der Waals surface area (Å²) in [4.78, 5) is 20.0. The van der Waals surface area contributed by atoms with Crippen molar-refractivity contribution < 1.29 is 9.53 Å². The molecule has 1 amide bonds. The van der Waals surface area contributed by atoms with Gasteiger partial charge in [0.15, 0.2) is 0 Å². The van der Waals surface area contributed by atoms with Crippen LogP contribution < -0.4 is 10.1 Å². The topological polar surface area (TPSA) is 64.1 Å². The lowest BCUT2D eigenvalue weighted by Gasteiger charge is -2.08. The molecule has 0 bridgehead atoms. The molecule has 0 aliphatic rings. The maximum absolute atomic E-state index is 11.8. The number of carbonyl (C=O) groups is 1. The minimum Gasteiger partial charge on any atom is -0.491 e. The SMILES string of the molecule is O=C(/C=C/c1ccncc1)NCCCOc1cccc2cccnc12. The van der Waals surface area contributed by atoms with Crippen LogP contribution in [0.2, 0.25) is 0 Å². The summed E-state index contributed by atoms with van der Waals surface area (Å²) in [6, 6.07) is 13.5. The second-order valence-electron chi connectivity index (χ2n) is 5.44. The Morgan fingerprint density at radius 1 is 1.08 bits per heavy atom. The zero-order valence-electron chi connectivity index (χ0n) is 13.8. The van der Waals surface area contributed by atoms with Gasteiger partial charge in [0, 0.05) is 36.6 Å². The molecule has 2 aromatic heterocycles. The summed E-state index contributed by atoms with van der Waals surface area (Å²) in [6.07, 6.45) is 9.14. The predicted molar refractivity (Wildman–Crippen MR) is 98.1 cm³/mol. The lowest BCUT2D eigenvalue weighted by atomic mass is 10.2.